The first kappa shape index (κ1) is 21.7. The van der Waals surface area contributed by atoms with Gasteiger partial charge in [-0.05, 0) is 47.5 Å². The van der Waals surface area contributed by atoms with E-state index in [2.05, 4.69) is 5.32 Å². The van der Waals surface area contributed by atoms with E-state index in [1.807, 2.05) is 41.8 Å². The molecule has 0 saturated carbocycles. The van der Waals surface area contributed by atoms with Crippen molar-refractivity contribution in [2.75, 3.05) is 24.7 Å². The monoisotopic (exact) mass is 489 g/mol. The van der Waals surface area contributed by atoms with Crippen LogP contribution in [-0.4, -0.2) is 42.5 Å². The zero-order chi connectivity index (χ0) is 24.0. The molecule has 1 aromatic heterocycles. The van der Waals surface area contributed by atoms with Gasteiger partial charge in [-0.1, -0.05) is 30.3 Å². The lowest BCUT2D eigenvalue weighted by Crippen LogP contribution is -2.45. The van der Waals surface area contributed by atoms with Gasteiger partial charge in [0.2, 0.25) is 5.91 Å². The lowest BCUT2D eigenvalue weighted by Gasteiger charge is -2.27. The fourth-order valence-electron chi connectivity index (χ4n) is 5.04. The second-order valence-corrected chi connectivity index (χ2v) is 9.80. The van der Waals surface area contributed by atoms with Gasteiger partial charge >= 0.3 is 6.03 Å². The van der Waals surface area contributed by atoms with E-state index in [0.29, 0.717) is 49.8 Å². The molecule has 3 heterocycles. The van der Waals surface area contributed by atoms with Crippen molar-refractivity contribution in [2.45, 2.75) is 24.9 Å². The first-order valence-electron chi connectivity index (χ1n) is 11.5. The van der Waals surface area contributed by atoms with Gasteiger partial charge in [0.15, 0.2) is 11.5 Å². The summed E-state index contributed by atoms with van der Waals surface area (Å²) in [5.74, 6) is 0.453. The largest absolute Gasteiger partial charge is 0.486 e. The molecule has 35 heavy (non-hydrogen) atoms. The first-order chi connectivity index (χ1) is 17.0. The fourth-order valence-corrected chi connectivity index (χ4v) is 5.73. The number of hydrogen-bond donors (Lipinski definition) is 1. The molecule has 178 valence electrons. The molecule has 1 N–H and O–H groups in total. The molecule has 3 aliphatic rings. The summed E-state index contributed by atoms with van der Waals surface area (Å²) in [7, 11) is 0. The van der Waals surface area contributed by atoms with Gasteiger partial charge in [-0.15, -0.1) is 11.3 Å². The number of carbonyl (C=O) groups excluding carboxylic acids is 3. The number of fused-ring (bicyclic) bond motifs is 3. The Morgan fingerprint density at radius 3 is 2.71 bits per heavy atom. The molecule has 1 aliphatic carbocycles. The number of anilines is 1. The minimum absolute atomic E-state index is 0.313. The van der Waals surface area contributed by atoms with Gasteiger partial charge in [0, 0.05) is 16.6 Å². The summed E-state index contributed by atoms with van der Waals surface area (Å²) in [6.45, 7) is 0.866. The van der Waals surface area contributed by atoms with Gasteiger partial charge < -0.3 is 19.7 Å². The smallest absolute Gasteiger partial charge is 0.325 e. The van der Waals surface area contributed by atoms with E-state index in [1.54, 1.807) is 23.1 Å². The van der Waals surface area contributed by atoms with Crippen LogP contribution in [-0.2, 0) is 28.1 Å². The van der Waals surface area contributed by atoms with Gasteiger partial charge in [0.25, 0.3) is 5.91 Å². The number of nitrogens with zero attached hydrogens (tertiary/aromatic N) is 2. The molecule has 1 fully saturated rings. The van der Waals surface area contributed by atoms with Crippen LogP contribution in [0.3, 0.4) is 0 Å². The molecule has 1 atom stereocenters. The average Bonchev–Trinajstić information content (AvgIpc) is 3.59. The van der Waals surface area contributed by atoms with Crippen molar-refractivity contribution in [3.8, 4) is 11.5 Å². The minimum atomic E-state index is -1.09. The van der Waals surface area contributed by atoms with Crippen LogP contribution in [0.1, 0.15) is 22.4 Å². The first-order valence-corrected chi connectivity index (χ1v) is 12.4. The number of amides is 4. The van der Waals surface area contributed by atoms with E-state index >= 15 is 0 Å². The Morgan fingerprint density at radius 1 is 1.06 bits per heavy atom. The van der Waals surface area contributed by atoms with Crippen molar-refractivity contribution < 1.29 is 23.9 Å². The molecule has 0 bridgehead atoms. The van der Waals surface area contributed by atoms with E-state index in [9.17, 15) is 14.4 Å². The molecule has 0 radical (unpaired) electrons. The number of urea groups is 1. The van der Waals surface area contributed by atoms with Gasteiger partial charge in [-0.25, -0.2) is 4.79 Å². The number of carbonyl (C=O) groups is 3. The van der Waals surface area contributed by atoms with Gasteiger partial charge in [-0.3, -0.25) is 14.5 Å². The third-order valence-electron chi connectivity index (χ3n) is 6.75. The Kier molecular flexibility index (Phi) is 5.21. The van der Waals surface area contributed by atoms with Crippen molar-refractivity contribution in [3.63, 3.8) is 0 Å². The number of thiophene rings is 1. The zero-order valence-electron chi connectivity index (χ0n) is 18.9. The summed E-state index contributed by atoms with van der Waals surface area (Å²) in [5.41, 5.74) is 1.38. The highest BCUT2D eigenvalue weighted by molar-refractivity contribution is 7.09. The molecule has 2 aromatic carbocycles. The Balaban J connectivity index is 1.29. The highest BCUT2D eigenvalue weighted by atomic mass is 32.1. The minimum Gasteiger partial charge on any atom is -0.486 e. The Bertz CT molecular complexity index is 1320. The molecule has 3 aromatic rings. The topological polar surface area (TPSA) is 88.2 Å². The molecular weight excluding hydrogens is 466 g/mol. The van der Waals surface area contributed by atoms with Crippen LogP contribution < -0.4 is 19.7 Å². The standard InChI is InChI=1S/C26H23N3O5S/c30-23(16-29-24(31)26(27-25(29)32)10-9-17-4-1-2-6-20(17)26)28(15-19-5-3-13-35-19)18-7-8-21-22(14-18)34-12-11-33-21/h1-8,13-14H,9-12,15-16H2,(H,27,32). The highest BCUT2D eigenvalue weighted by Crippen LogP contribution is 2.41. The predicted molar refractivity (Wildman–Crippen MR) is 130 cm³/mol. The van der Waals surface area contributed by atoms with Crippen LogP contribution in [0.2, 0.25) is 0 Å². The fraction of sp³-hybridized carbons (Fsp3) is 0.269. The quantitative estimate of drug-likeness (QED) is 0.555. The highest BCUT2D eigenvalue weighted by Gasteiger charge is 2.55. The number of hydrogen-bond acceptors (Lipinski definition) is 6. The summed E-state index contributed by atoms with van der Waals surface area (Å²) < 4.78 is 11.3. The molecule has 1 unspecified atom stereocenters. The molecule has 9 heteroatoms. The van der Waals surface area contributed by atoms with Crippen LogP contribution in [0.5, 0.6) is 11.5 Å². The van der Waals surface area contributed by atoms with Crippen molar-refractivity contribution in [2.24, 2.45) is 0 Å². The lowest BCUT2D eigenvalue weighted by atomic mass is 9.92. The van der Waals surface area contributed by atoms with Crippen LogP contribution in [0.4, 0.5) is 10.5 Å². The zero-order valence-corrected chi connectivity index (χ0v) is 19.7. The van der Waals surface area contributed by atoms with Gasteiger partial charge in [0.1, 0.15) is 25.3 Å². The number of benzene rings is 2. The molecule has 2 aliphatic heterocycles. The van der Waals surface area contributed by atoms with Crippen LogP contribution >= 0.6 is 11.3 Å². The Labute approximate surface area is 206 Å². The second kappa shape index (κ2) is 8.42. The molecule has 6 rings (SSSR count). The van der Waals surface area contributed by atoms with E-state index in [0.717, 1.165) is 20.9 Å². The van der Waals surface area contributed by atoms with Gasteiger partial charge in [0.05, 0.1) is 6.54 Å². The van der Waals surface area contributed by atoms with E-state index in [4.69, 9.17) is 9.47 Å². The maximum atomic E-state index is 13.6. The van der Waals surface area contributed by atoms with E-state index in [1.165, 1.54) is 11.3 Å². The van der Waals surface area contributed by atoms with Crippen LogP contribution in [0.15, 0.2) is 60.0 Å². The van der Waals surface area contributed by atoms with Crippen molar-refractivity contribution in [1.82, 2.24) is 10.2 Å². The second-order valence-electron chi connectivity index (χ2n) is 8.77. The third kappa shape index (κ3) is 3.63. The number of aryl methyl sites for hydroxylation is 1. The van der Waals surface area contributed by atoms with Crippen molar-refractivity contribution in [1.29, 1.82) is 0 Å². The SMILES string of the molecule is O=C1NC2(CCc3ccccc32)C(=O)N1CC(=O)N(Cc1cccs1)c1ccc2c(c1)OCCO2. The van der Waals surface area contributed by atoms with Crippen molar-refractivity contribution >= 4 is 34.9 Å². The summed E-state index contributed by atoms with van der Waals surface area (Å²) >= 11 is 1.53. The normalized spacial score (nSPS) is 20.2. The number of ether oxygens (including phenoxy) is 2. The maximum absolute atomic E-state index is 13.6. The van der Waals surface area contributed by atoms with Gasteiger partial charge in [-0.2, -0.15) is 0 Å². The lowest BCUT2D eigenvalue weighted by molar-refractivity contribution is -0.134. The number of rotatable bonds is 5. The molecule has 8 nitrogen and oxygen atoms in total. The summed E-state index contributed by atoms with van der Waals surface area (Å²) in [4.78, 5) is 43.7. The summed E-state index contributed by atoms with van der Waals surface area (Å²) in [6, 6.07) is 16.3. The summed E-state index contributed by atoms with van der Waals surface area (Å²) in [6.07, 6.45) is 1.19. The Morgan fingerprint density at radius 2 is 1.89 bits per heavy atom. The van der Waals surface area contributed by atoms with E-state index in [-0.39, 0.29) is 18.4 Å². The molecule has 1 spiro atoms. The van der Waals surface area contributed by atoms with Crippen LogP contribution in [0.25, 0.3) is 0 Å². The maximum Gasteiger partial charge on any atom is 0.325 e. The van der Waals surface area contributed by atoms with Crippen LogP contribution in [0, 0.1) is 0 Å². The third-order valence-corrected chi connectivity index (χ3v) is 7.61. The Hall–Kier alpha value is -3.85. The molecular formula is C26H23N3O5S. The average molecular weight is 490 g/mol. The summed E-state index contributed by atoms with van der Waals surface area (Å²) in [5, 5.41) is 4.83. The molecule has 4 amide bonds. The predicted octanol–water partition coefficient (Wildman–Crippen LogP) is 3.45. The van der Waals surface area contributed by atoms with Crippen molar-refractivity contribution in [3.05, 3.63) is 76.0 Å². The molecule has 1 saturated heterocycles. The number of nitrogens with one attached hydrogen (secondary N) is 1. The van der Waals surface area contributed by atoms with E-state index < -0.39 is 11.6 Å². The number of imide groups is 1.